The SMILES string of the molecule is COc1ccc(C(C)=O)cc1COn1nnc2ccc(Cl)cc21. The van der Waals surface area contributed by atoms with Crippen molar-refractivity contribution in [2.75, 3.05) is 7.11 Å². The highest BCUT2D eigenvalue weighted by Gasteiger charge is 2.10. The number of hydrogen-bond acceptors (Lipinski definition) is 5. The van der Waals surface area contributed by atoms with E-state index in [9.17, 15) is 4.79 Å². The molecule has 0 aliphatic carbocycles. The highest BCUT2D eigenvalue weighted by atomic mass is 35.5. The van der Waals surface area contributed by atoms with Gasteiger partial charge in [0, 0.05) is 16.1 Å². The number of carbonyl (C=O) groups is 1. The predicted molar refractivity (Wildman–Crippen MR) is 85.8 cm³/mol. The Hall–Kier alpha value is -2.60. The van der Waals surface area contributed by atoms with Crippen molar-refractivity contribution in [1.82, 2.24) is 15.2 Å². The van der Waals surface area contributed by atoms with Gasteiger partial charge in [-0.3, -0.25) is 4.79 Å². The quantitative estimate of drug-likeness (QED) is 0.672. The van der Waals surface area contributed by atoms with E-state index in [2.05, 4.69) is 10.3 Å². The molecule has 0 spiro atoms. The molecule has 0 fully saturated rings. The van der Waals surface area contributed by atoms with Crippen molar-refractivity contribution in [2.24, 2.45) is 0 Å². The zero-order chi connectivity index (χ0) is 16.4. The number of rotatable bonds is 5. The van der Waals surface area contributed by atoms with E-state index in [-0.39, 0.29) is 12.4 Å². The Morgan fingerprint density at radius 1 is 1.26 bits per heavy atom. The molecule has 0 amide bonds. The number of aromatic nitrogens is 3. The molecule has 1 heterocycles. The molecule has 118 valence electrons. The van der Waals surface area contributed by atoms with Crippen molar-refractivity contribution in [3.8, 4) is 5.75 Å². The van der Waals surface area contributed by atoms with Gasteiger partial charge in [0.15, 0.2) is 5.78 Å². The third-order valence-corrected chi connectivity index (χ3v) is 3.64. The van der Waals surface area contributed by atoms with E-state index in [1.54, 1.807) is 43.5 Å². The van der Waals surface area contributed by atoms with Crippen LogP contribution in [0.25, 0.3) is 11.0 Å². The molecule has 0 radical (unpaired) electrons. The maximum absolute atomic E-state index is 11.5. The third-order valence-electron chi connectivity index (χ3n) is 3.41. The normalized spacial score (nSPS) is 10.7. The maximum Gasteiger partial charge on any atom is 0.159 e. The summed E-state index contributed by atoms with van der Waals surface area (Å²) in [5.74, 6) is 0.615. The van der Waals surface area contributed by atoms with Crippen LogP contribution in [0.5, 0.6) is 5.75 Å². The number of halogens is 1. The lowest BCUT2D eigenvalue weighted by Gasteiger charge is -2.11. The number of carbonyl (C=O) groups excluding carboxylic acids is 1. The summed E-state index contributed by atoms with van der Waals surface area (Å²) in [5.41, 5.74) is 2.68. The summed E-state index contributed by atoms with van der Waals surface area (Å²) in [6.07, 6.45) is 0. The van der Waals surface area contributed by atoms with Crippen molar-refractivity contribution in [1.29, 1.82) is 0 Å². The molecule has 7 heteroatoms. The lowest BCUT2D eigenvalue weighted by molar-refractivity contribution is 0.0738. The first-order valence-corrected chi connectivity index (χ1v) is 7.28. The van der Waals surface area contributed by atoms with Gasteiger partial charge in [-0.05, 0) is 48.5 Å². The summed E-state index contributed by atoms with van der Waals surface area (Å²) < 4.78 is 5.30. The zero-order valence-corrected chi connectivity index (χ0v) is 13.4. The van der Waals surface area contributed by atoms with Crippen molar-refractivity contribution >= 4 is 28.4 Å². The van der Waals surface area contributed by atoms with Crippen molar-refractivity contribution in [2.45, 2.75) is 13.5 Å². The summed E-state index contributed by atoms with van der Waals surface area (Å²) in [7, 11) is 1.57. The maximum atomic E-state index is 11.5. The molecule has 0 saturated carbocycles. The van der Waals surface area contributed by atoms with Gasteiger partial charge >= 0.3 is 0 Å². The number of hydrogen-bond donors (Lipinski definition) is 0. The summed E-state index contributed by atoms with van der Waals surface area (Å²) in [6, 6.07) is 10.4. The minimum absolute atomic E-state index is 0.0214. The van der Waals surface area contributed by atoms with E-state index in [0.29, 0.717) is 27.4 Å². The fourth-order valence-corrected chi connectivity index (χ4v) is 2.37. The summed E-state index contributed by atoms with van der Waals surface area (Å²) in [4.78, 5) is 18.5. The van der Waals surface area contributed by atoms with E-state index in [4.69, 9.17) is 21.2 Å². The van der Waals surface area contributed by atoms with Gasteiger partial charge in [-0.25, -0.2) is 0 Å². The first-order valence-electron chi connectivity index (χ1n) is 6.90. The van der Waals surface area contributed by atoms with Crippen molar-refractivity contribution in [3.63, 3.8) is 0 Å². The van der Waals surface area contributed by atoms with Gasteiger partial charge in [-0.15, -0.1) is 5.10 Å². The van der Waals surface area contributed by atoms with Crippen molar-refractivity contribution in [3.05, 3.63) is 52.5 Å². The van der Waals surface area contributed by atoms with E-state index < -0.39 is 0 Å². The smallest absolute Gasteiger partial charge is 0.159 e. The van der Waals surface area contributed by atoms with Crippen LogP contribution in [0.1, 0.15) is 22.8 Å². The molecule has 2 aromatic carbocycles. The van der Waals surface area contributed by atoms with Crippen LogP contribution in [0.4, 0.5) is 0 Å². The van der Waals surface area contributed by atoms with Gasteiger partial charge in [0.1, 0.15) is 23.4 Å². The number of Topliss-reactive ketones (excluding diaryl/α,β-unsaturated/α-hetero) is 1. The molecule has 0 saturated heterocycles. The fraction of sp³-hybridized carbons (Fsp3) is 0.188. The Morgan fingerprint density at radius 3 is 2.83 bits per heavy atom. The lowest BCUT2D eigenvalue weighted by Crippen LogP contribution is -2.13. The van der Waals surface area contributed by atoms with Gasteiger partial charge in [-0.1, -0.05) is 16.4 Å². The Kier molecular flexibility index (Phi) is 4.16. The van der Waals surface area contributed by atoms with Crippen LogP contribution in [-0.4, -0.2) is 28.1 Å². The van der Waals surface area contributed by atoms with E-state index in [1.165, 1.54) is 11.8 Å². The van der Waals surface area contributed by atoms with Crippen LogP contribution in [0.3, 0.4) is 0 Å². The Labute approximate surface area is 137 Å². The van der Waals surface area contributed by atoms with E-state index >= 15 is 0 Å². The first kappa shape index (κ1) is 15.3. The van der Waals surface area contributed by atoms with Gasteiger partial charge in [0.25, 0.3) is 0 Å². The molecule has 0 atom stereocenters. The molecule has 0 aliphatic rings. The van der Waals surface area contributed by atoms with Gasteiger partial charge in [0.2, 0.25) is 0 Å². The van der Waals surface area contributed by atoms with Crippen LogP contribution in [0.2, 0.25) is 5.02 Å². The second-order valence-corrected chi connectivity index (χ2v) is 5.39. The molecule has 0 unspecified atom stereocenters. The number of fused-ring (bicyclic) bond motifs is 1. The van der Waals surface area contributed by atoms with Crippen LogP contribution in [-0.2, 0) is 6.61 Å². The predicted octanol–water partition coefficient (Wildman–Crippen LogP) is 2.92. The zero-order valence-electron chi connectivity index (χ0n) is 12.6. The van der Waals surface area contributed by atoms with Gasteiger partial charge < -0.3 is 9.57 Å². The van der Waals surface area contributed by atoms with Crippen LogP contribution < -0.4 is 9.57 Å². The molecule has 0 aliphatic heterocycles. The number of methoxy groups -OCH3 is 1. The molecule has 1 aromatic heterocycles. The summed E-state index contributed by atoms with van der Waals surface area (Å²) in [5, 5.41) is 8.52. The standard InChI is InChI=1S/C16H14ClN3O3/c1-10(21)11-3-6-16(22-2)12(7-11)9-23-20-15-8-13(17)4-5-14(15)18-19-20/h3-8H,9H2,1-2H3. The largest absolute Gasteiger partial charge is 0.496 e. The lowest BCUT2D eigenvalue weighted by atomic mass is 10.1. The third kappa shape index (κ3) is 3.12. The van der Waals surface area contributed by atoms with E-state index in [0.717, 1.165) is 5.56 Å². The molecule has 6 nitrogen and oxygen atoms in total. The number of nitrogens with zero attached hydrogens (tertiary/aromatic N) is 3. The minimum Gasteiger partial charge on any atom is -0.496 e. The number of ketones is 1. The van der Waals surface area contributed by atoms with Crippen LogP contribution in [0.15, 0.2) is 36.4 Å². The first-order chi connectivity index (χ1) is 11.1. The highest BCUT2D eigenvalue weighted by molar-refractivity contribution is 6.31. The average Bonchev–Trinajstić information content (AvgIpc) is 2.94. The molecule has 0 N–H and O–H groups in total. The second kappa shape index (κ2) is 6.26. The molecular weight excluding hydrogens is 318 g/mol. The summed E-state index contributed by atoms with van der Waals surface area (Å²) in [6.45, 7) is 1.69. The van der Waals surface area contributed by atoms with Gasteiger partial charge in [0.05, 0.1) is 7.11 Å². The molecule has 23 heavy (non-hydrogen) atoms. The Bertz CT molecular complexity index is 876. The average molecular weight is 332 g/mol. The minimum atomic E-state index is -0.0214. The molecule has 3 rings (SSSR count). The van der Waals surface area contributed by atoms with Crippen LogP contribution in [0, 0.1) is 0 Å². The van der Waals surface area contributed by atoms with Crippen LogP contribution >= 0.6 is 11.6 Å². The molecule has 0 bridgehead atoms. The highest BCUT2D eigenvalue weighted by Crippen LogP contribution is 2.21. The Morgan fingerprint density at radius 2 is 2.09 bits per heavy atom. The monoisotopic (exact) mass is 331 g/mol. The number of ether oxygens (including phenoxy) is 1. The second-order valence-electron chi connectivity index (χ2n) is 4.95. The van der Waals surface area contributed by atoms with Gasteiger partial charge in [-0.2, -0.15) is 0 Å². The fourth-order valence-electron chi connectivity index (χ4n) is 2.21. The van der Waals surface area contributed by atoms with E-state index in [1.807, 2.05) is 0 Å². The Balaban J connectivity index is 1.88. The number of benzene rings is 2. The molecular formula is C16H14ClN3O3. The topological polar surface area (TPSA) is 66.2 Å². The van der Waals surface area contributed by atoms with Crippen molar-refractivity contribution < 1.29 is 14.4 Å². The summed E-state index contributed by atoms with van der Waals surface area (Å²) >= 11 is 5.99. The molecule has 3 aromatic rings.